The maximum atomic E-state index is 14.3. The van der Waals surface area contributed by atoms with Gasteiger partial charge in [-0.1, -0.05) is 64.9 Å². The van der Waals surface area contributed by atoms with Crippen LogP contribution >= 0.6 is 27.3 Å². The van der Waals surface area contributed by atoms with Crippen LogP contribution in [0.2, 0.25) is 0 Å². The second-order valence-electron chi connectivity index (χ2n) is 10.3. The van der Waals surface area contributed by atoms with Crippen LogP contribution in [0.5, 0.6) is 5.75 Å². The van der Waals surface area contributed by atoms with Crippen LogP contribution in [0.3, 0.4) is 0 Å². The van der Waals surface area contributed by atoms with Crippen molar-refractivity contribution in [1.29, 1.82) is 0 Å². The predicted octanol–water partition coefficient (Wildman–Crippen LogP) is 6.48. The Bertz CT molecular complexity index is 2100. The molecule has 0 bridgehead atoms. The lowest BCUT2D eigenvalue weighted by Gasteiger charge is -2.27. The number of halogens is 1. The van der Waals surface area contributed by atoms with Crippen molar-refractivity contribution in [1.82, 2.24) is 9.13 Å². The van der Waals surface area contributed by atoms with Crippen molar-refractivity contribution >= 4 is 61.1 Å². The largest absolute Gasteiger partial charge is 0.496 e. The zero-order chi connectivity index (χ0) is 30.2. The number of nitrogens with zero attached hydrogens (tertiary/aromatic N) is 3. The van der Waals surface area contributed by atoms with Gasteiger partial charge < -0.3 is 14.0 Å². The Morgan fingerprint density at radius 1 is 1.05 bits per heavy atom. The molecule has 220 valence electrons. The summed E-state index contributed by atoms with van der Waals surface area (Å²) in [4.78, 5) is 33.2. The number of para-hydroxylation sites is 1. The number of allylic oxidation sites excluding steroid dienone is 1. The molecule has 0 spiro atoms. The fourth-order valence-corrected chi connectivity index (χ4v) is 7.39. The second kappa shape index (κ2) is 12.0. The van der Waals surface area contributed by atoms with Crippen LogP contribution in [0.1, 0.15) is 50.8 Å². The van der Waals surface area contributed by atoms with Gasteiger partial charge in [0.15, 0.2) is 4.80 Å². The molecule has 1 atom stereocenters. The normalized spacial score (nSPS) is 15.2. The number of aryl methyl sites for hydroxylation is 1. The van der Waals surface area contributed by atoms with Gasteiger partial charge in [0, 0.05) is 38.4 Å². The smallest absolute Gasteiger partial charge is 0.338 e. The van der Waals surface area contributed by atoms with E-state index in [1.807, 2.05) is 37.3 Å². The van der Waals surface area contributed by atoms with Crippen LogP contribution < -0.4 is 19.6 Å². The molecule has 1 aliphatic heterocycles. The van der Waals surface area contributed by atoms with E-state index in [9.17, 15) is 9.59 Å². The van der Waals surface area contributed by atoms with Gasteiger partial charge in [-0.3, -0.25) is 9.36 Å². The Balaban J connectivity index is 1.60. The molecule has 0 aliphatic carbocycles. The first-order valence-corrected chi connectivity index (χ1v) is 16.1. The first-order valence-electron chi connectivity index (χ1n) is 14.5. The summed E-state index contributed by atoms with van der Waals surface area (Å²) in [7, 11) is 1.59. The van der Waals surface area contributed by atoms with Crippen molar-refractivity contribution in [3.8, 4) is 5.75 Å². The molecule has 2 aromatic heterocycles. The van der Waals surface area contributed by atoms with E-state index in [4.69, 9.17) is 14.5 Å². The minimum Gasteiger partial charge on any atom is -0.496 e. The third-order valence-electron chi connectivity index (χ3n) is 7.79. The molecule has 43 heavy (non-hydrogen) atoms. The highest BCUT2D eigenvalue weighted by molar-refractivity contribution is 9.10. The minimum absolute atomic E-state index is 0.214. The molecule has 0 amide bonds. The van der Waals surface area contributed by atoms with Crippen molar-refractivity contribution in [2.75, 3.05) is 13.7 Å². The first-order chi connectivity index (χ1) is 20.9. The maximum absolute atomic E-state index is 14.3. The van der Waals surface area contributed by atoms with Gasteiger partial charge in [-0.05, 0) is 68.3 Å². The molecule has 0 fully saturated rings. The van der Waals surface area contributed by atoms with E-state index < -0.39 is 12.0 Å². The highest BCUT2D eigenvalue weighted by Crippen LogP contribution is 2.38. The summed E-state index contributed by atoms with van der Waals surface area (Å²) in [6.45, 7) is 7.04. The predicted molar refractivity (Wildman–Crippen MR) is 175 cm³/mol. The Morgan fingerprint density at radius 2 is 1.84 bits per heavy atom. The quantitative estimate of drug-likeness (QED) is 0.179. The Labute approximate surface area is 261 Å². The first kappa shape index (κ1) is 29.1. The number of fused-ring (bicyclic) bond motifs is 4. The number of thiazole rings is 1. The molecular formula is C34H32BrN3O4S. The summed E-state index contributed by atoms with van der Waals surface area (Å²) in [6, 6.07) is 19.5. The molecule has 0 saturated heterocycles. The van der Waals surface area contributed by atoms with E-state index in [-0.39, 0.29) is 12.2 Å². The van der Waals surface area contributed by atoms with E-state index in [1.165, 1.54) is 22.2 Å². The van der Waals surface area contributed by atoms with Crippen LogP contribution in [-0.2, 0) is 16.1 Å². The Kier molecular flexibility index (Phi) is 8.11. The van der Waals surface area contributed by atoms with Crippen molar-refractivity contribution in [2.24, 2.45) is 4.99 Å². The zero-order valence-electron chi connectivity index (χ0n) is 24.5. The summed E-state index contributed by atoms with van der Waals surface area (Å²) in [5.74, 6) is 0.0915. The van der Waals surface area contributed by atoms with E-state index in [0.29, 0.717) is 38.3 Å². The highest BCUT2D eigenvalue weighted by Gasteiger charge is 2.36. The van der Waals surface area contributed by atoms with Gasteiger partial charge in [0.2, 0.25) is 0 Å². The van der Waals surface area contributed by atoms with E-state index in [0.717, 1.165) is 33.9 Å². The number of methoxy groups -OCH3 is 1. The summed E-state index contributed by atoms with van der Waals surface area (Å²) in [5.41, 5.74) is 4.74. The van der Waals surface area contributed by atoms with Crippen molar-refractivity contribution in [3.05, 3.63) is 107 Å². The molecule has 0 radical (unpaired) electrons. The standard InChI is InChI=1S/C34H32BrN3O4S/c1-5-10-25-30(33(40)42-7-3)31(24-19-21(35)14-16-28(24)41-4)38-32(39)29(43-34(38)36-25)18-20-13-15-27-23(17-20)22-11-8-9-12-26(22)37(27)6-2/h8-9,11-19,31H,5-7,10H2,1-4H3/b29-18+/t31-/m1/s1. The van der Waals surface area contributed by atoms with Crippen molar-refractivity contribution in [2.45, 2.75) is 46.2 Å². The number of hydrogen-bond donors (Lipinski definition) is 0. The van der Waals surface area contributed by atoms with Crippen LogP contribution in [0.4, 0.5) is 0 Å². The van der Waals surface area contributed by atoms with Gasteiger partial charge in [-0.2, -0.15) is 0 Å². The van der Waals surface area contributed by atoms with E-state index in [1.54, 1.807) is 18.6 Å². The summed E-state index contributed by atoms with van der Waals surface area (Å²) in [5, 5.41) is 2.33. The molecule has 0 unspecified atom stereocenters. The van der Waals surface area contributed by atoms with Crippen molar-refractivity contribution in [3.63, 3.8) is 0 Å². The summed E-state index contributed by atoms with van der Waals surface area (Å²) >= 11 is 4.91. The molecule has 0 N–H and O–H groups in total. The number of aromatic nitrogens is 2. The number of esters is 1. The van der Waals surface area contributed by atoms with Crippen molar-refractivity contribution < 1.29 is 14.3 Å². The maximum Gasteiger partial charge on any atom is 0.338 e. The van der Waals surface area contributed by atoms with E-state index in [2.05, 4.69) is 63.8 Å². The molecule has 7 nitrogen and oxygen atoms in total. The van der Waals surface area contributed by atoms with E-state index >= 15 is 0 Å². The molecule has 3 heterocycles. The third kappa shape index (κ3) is 5.04. The molecule has 9 heteroatoms. The number of ether oxygens (including phenoxy) is 2. The van der Waals surface area contributed by atoms with Gasteiger partial charge in [-0.25, -0.2) is 9.79 Å². The Hall–Kier alpha value is -3.95. The monoisotopic (exact) mass is 657 g/mol. The molecule has 6 rings (SSSR count). The number of hydrogen-bond acceptors (Lipinski definition) is 6. The SMILES string of the molecule is CCCC1=C(C(=O)OCC)[C@@H](c2cc(Br)ccc2OC)n2c(s/c(=C/c3ccc4c(c3)c3ccccc3n4CC)c2=O)=N1. The van der Waals surface area contributed by atoms with Crippen LogP contribution in [0.15, 0.2) is 86.2 Å². The molecule has 1 aliphatic rings. The van der Waals surface area contributed by atoms with Gasteiger partial charge >= 0.3 is 5.97 Å². The fraction of sp³-hybridized carbons (Fsp3) is 0.265. The highest BCUT2D eigenvalue weighted by atomic mass is 79.9. The number of rotatable bonds is 8. The lowest BCUT2D eigenvalue weighted by molar-refractivity contribution is -0.139. The van der Waals surface area contributed by atoms with Gasteiger partial charge in [0.05, 0.1) is 29.5 Å². The third-order valence-corrected chi connectivity index (χ3v) is 9.27. The minimum atomic E-state index is -0.753. The second-order valence-corrected chi connectivity index (χ2v) is 12.3. The fourth-order valence-electron chi connectivity index (χ4n) is 5.99. The van der Waals surface area contributed by atoms with Gasteiger partial charge in [0.1, 0.15) is 11.8 Å². The molecule has 0 saturated carbocycles. The van der Waals surface area contributed by atoms with Crippen LogP contribution in [0, 0.1) is 0 Å². The number of carbonyl (C=O) groups is 1. The Morgan fingerprint density at radius 3 is 2.58 bits per heavy atom. The summed E-state index contributed by atoms with van der Waals surface area (Å²) in [6.07, 6.45) is 3.28. The van der Waals surface area contributed by atoms with Gasteiger partial charge in [0.25, 0.3) is 5.56 Å². The number of benzene rings is 3. The topological polar surface area (TPSA) is 74.8 Å². The van der Waals surface area contributed by atoms with Crippen LogP contribution in [-0.4, -0.2) is 28.8 Å². The average Bonchev–Trinajstić information content (AvgIpc) is 3.49. The number of carbonyl (C=O) groups excluding carboxylic acids is 1. The zero-order valence-corrected chi connectivity index (χ0v) is 26.9. The lowest BCUT2D eigenvalue weighted by atomic mass is 9.93. The van der Waals surface area contributed by atoms with Crippen LogP contribution in [0.25, 0.3) is 27.9 Å². The molecular weight excluding hydrogens is 626 g/mol. The lowest BCUT2D eigenvalue weighted by Crippen LogP contribution is -2.40. The molecule has 5 aromatic rings. The average molecular weight is 659 g/mol. The summed E-state index contributed by atoms with van der Waals surface area (Å²) < 4.78 is 16.5. The molecule has 3 aromatic carbocycles. The van der Waals surface area contributed by atoms with Gasteiger partial charge in [-0.15, -0.1) is 0 Å².